The van der Waals surface area contributed by atoms with Crippen LogP contribution in [0, 0.1) is 11.3 Å². The zero-order chi connectivity index (χ0) is 19.3. The molecule has 2 aliphatic carbocycles. The number of rotatable bonds is 4. The molecule has 1 saturated carbocycles. The van der Waals surface area contributed by atoms with E-state index in [9.17, 15) is 9.59 Å². The van der Waals surface area contributed by atoms with E-state index < -0.39 is 13.9 Å². The van der Waals surface area contributed by atoms with E-state index in [0.29, 0.717) is 24.8 Å². The summed E-state index contributed by atoms with van der Waals surface area (Å²) in [7, 11) is 0.703. The Morgan fingerprint density at radius 2 is 1.80 bits per heavy atom. The molecule has 0 aromatic carbocycles. The van der Waals surface area contributed by atoms with Crippen molar-refractivity contribution in [1.29, 1.82) is 0 Å². The van der Waals surface area contributed by atoms with Gasteiger partial charge in [-0.2, -0.15) is 0 Å². The van der Waals surface area contributed by atoms with E-state index in [1.54, 1.807) is 0 Å². The molecule has 142 valence electrons. The van der Waals surface area contributed by atoms with Gasteiger partial charge in [-0.05, 0) is 37.4 Å². The Hall–Kier alpha value is -1.14. The van der Waals surface area contributed by atoms with E-state index >= 15 is 0 Å². The maximum atomic E-state index is 12.4. The summed E-state index contributed by atoms with van der Waals surface area (Å²) in [6.45, 7) is 13.0. The quantitative estimate of drug-likeness (QED) is 0.557. The molecule has 1 unspecified atom stereocenters. The second-order valence-electron chi connectivity index (χ2n) is 9.12. The molecular formula is C19H32O5Si. The van der Waals surface area contributed by atoms with E-state index in [-0.39, 0.29) is 28.3 Å². The van der Waals surface area contributed by atoms with Crippen molar-refractivity contribution in [3.63, 3.8) is 0 Å². The lowest BCUT2D eigenvalue weighted by atomic mass is 9.51. The van der Waals surface area contributed by atoms with Crippen LogP contribution in [0.1, 0.15) is 47.0 Å². The maximum Gasteiger partial charge on any atom is 0.336 e. The molecule has 2 aliphatic rings. The Morgan fingerprint density at radius 1 is 1.20 bits per heavy atom. The van der Waals surface area contributed by atoms with Crippen LogP contribution < -0.4 is 0 Å². The molecule has 0 saturated heterocycles. The van der Waals surface area contributed by atoms with Crippen LogP contribution in [0.2, 0.25) is 18.1 Å². The minimum atomic E-state index is -2.12. The first kappa shape index (κ1) is 20.2. The van der Waals surface area contributed by atoms with Crippen molar-refractivity contribution in [2.24, 2.45) is 11.3 Å². The number of methoxy groups -OCH3 is 2. The molecule has 2 rings (SSSR count). The van der Waals surface area contributed by atoms with Gasteiger partial charge in [0, 0.05) is 5.41 Å². The zero-order valence-corrected chi connectivity index (χ0v) is 17.8. The fourth-order valence-electron chi connectivity index (χ4n) is 3.93. The van der Waals surface area contributed by atoms with Crippen LogP contribution in [0.3, 0.4) is 0 Å². The molecule has 0 heterocycles. The van der Waals surface area contributed by atoms with Crippen LogP contribution in [0.15, 0.2) is 11.6 Å². The SMILES string of the molecule is COC(=O)C1=C[C@@]2(C)CC(C(=O)OC)CC[C@@]12O[Si](C)(C)C(C)(C)C. The molecule has 0 N–H and O–H groups in total. The number of ether oxygens (including phenoxy) is 2. The van der Waals surface area contributed by atoms with Crippen molar-refractivity contribution >= 4 is 20.3 Å². The minimum Gasteiger partial charge on any atom is -0.469 e. The first-order valence-electron chi connectivity index (χ1n) is 8.93. The normalized spacial score (nSPS) is 32.2. The van der Waals surface area contributed by atoms with Crippen molar-refractivity contribution < 1.29 is 23.5 Å². The number of esters is 2. The zero-order valence-electron chi connectivity index (χ0n) is 16.8. The van der Waals surface area contributed by atoms with Gasteiger partial charge in [-0.15, -0.1) is 0 Å². The second-order valence-corrected chi connectivity index (χ2v) is 13.8. The van der Waals surface area contributed by atoms with Gasteiger partial charge in [0.15, 0.2) is 8.32 Å². The third kappa shape index (κ3) is 3.08. The molecule has 0 aromatic heterocycles. The topological polar surface area (TPSA) is 61.8 Å². The van der Waals surface area contributed by atoms with Gasteiger partial charge in [0.05, 0.1) is 31.3 Å². The number of hydrogen-bond donors (Lipinski definition) is 0. The van der Waals surface area contributed by atoms with Gasteiger partial charge in [-0.1, -0.05) is 33.8 Å². The highest BCUT2D eigenvalue weighted by atomic mass is 28.4. The summed E-state index contributed by atoms with van der Waals surface area (Å²) in [5.41, 5.74) is -0.401. The molecule has 6 heteroatoms. The lowest BCUT2D eigenvalue weighted by Gasteiger charge is -2.62. The lowest BCUT2D eigenvalue weighted by Crippen LogP contribution is -2.66. The molecule has 25 heavy (non-hydrogen) atoms. The monoisotopic (exact) mass is 368 g/mol. The van der Waals surface area contributed by atoms with E-state index in [1.165, 1.54) is 14.2 Å². The first-order chi connectivity index (χ1) is 11.3. The molecular weight excluding hydrogens is 336 g/mol. The van der Waals surface area contributed by atoms with E-state index in [4.69, 9.17) is 13.9 Å². The van der Waals surface area contributed by atoms with Gasteiger partial charge in [-0.25, -0.2) is 4.79 Å². The van der Waals surface area contributed by atoms with Gasteiger partial charge in [0.2, 0.25) is 0 Å². The van der Waals surface area contributed by atoms with E-state index in [2.05, 4.69) is 40.8 Å². The standard InChI is InChI=1S/C19H32O5Si/c1-17(2,3)25(7,8)24-19-10-9-13(15(20)22-5)11-18(19,4)12-14(19)16(21)23-6/h12-13H,9-11H2,1-8H3/t13?,18-,19-/m1/s1. The number of carbonyl (C=O) groups excluding carboxylic acids is 2. The summed E-state index contributed by atoms with van der Waals surface area (Å²) < 4.78 is 16.8. The molecule has 3 atom stereocenters. The Bertz CT molecular complexity index is 603. The Kier molecular flexibility index (Phi) is 5.03. The minimum absolute atomic E-state index is 0.0265. The molecule has 0 aliphatic heterocycles. The maximum absolute atomic E-state index is 12.4. The number of carbonyl (C=O) groups is 2. The lowest BCUT2D eigenvalue weighted by molar-refractivity contribution is -0.157. The number of fused-ring (bicyclic) bond motifs is 1. The second kappa shape index (κ2) is 6.23. The third-order valence-electron chi connectivity index (χ3n) is 6.51. The summed E-state index contributed by atoms with van der Waals surface area (Å²) in [6, 6.07) is 0. The van der Waals surface area contributed by atoms with Gasteiger partial charge < -0.3 is 13.9 Å². The third-order valence-corrected chi connectivity index (χ3v) is 11.0. The first-order valence-corrected chi connectivity index (χ1v) is 11.8. The fourth-order valence-corrected chi connectivity index (χ4v) is 5.55. The number of hydrogen-bond acceptors (Lipinski definition) is 5. The Morgan fingerprint density at radius 3 is 2.24 bits per heavy atom. The van der Waals surface area contributed by atoms with Crippen molar-refractivity contribution in [3.8, 4) is 0 Å². The Labute approximate surface area is 152 Å². The summed E-state index contributed by atoms with van der Waals surface area (Å²) in [5, 5.41) is 0.0265. The predicted octanol–water partition coefficient (Wildman–Crippen LogP) is 3.84. The highest BCUT2D eigenvalue weighted by Crippen LogP contribution is 2.62. The van der Waals surface area contributed by atoms with E-state index in [0.717, 1.165) is 0 Å². The highest BCUT2D eigenvalue weighted by Gasteiger charge is 2.65. The average Bonchev–Trinajstić information content (AvgIpc) is 2.51. The molecule has 0 aromatic rings. The molecule has 5 nitrogen and oxygen atoms in total. The van der Waals surface area contributed by atoms with Crippen LogP contribution in [-0.2, 0) is 23.5 Å². The van der Waals surface area contributed by atoms with Crippen molar-refractivity contribution in [1.82, 2.24) is 0 Å². The van der Waals surface area contributed by atoms with Crippen molar-refractivity contribution in [2.75, 3.05) is 14.2 Å². The largest absolute Gasteiger partial charge is 0.469 e. The van der Waals surface area contributed by atoms with Gasteiger partial charge in [0.25, 0.3) is 0 Å². The molecule has 0 amide bonds. The smallest absolute Gasteiger partial charge is 0.336 e. The van der Waals surface area contributed by atoms with Crippen LogP contribution in [0.25, 0.3) is 0 Å². The average molecular weight is 369 g/mol. The van der Waals surface area contributed by atoms with Crippen LogP contribution in [0.5, 0.6) is 0 Å². The summed E-state index contributed by atoms with van der Waals surface area (Å²) in [6.07, 6.45) is 3.87. The van der Waals surface area contributed by atoms with Crippen molar-refractivity contribution in [3.05, 3.63) is 11.6 Å². The van der Waals surface area contributed by atoms with Gasteiger partial charge in [0.1, 0.15) is 0 Å². The van der Waals surface area contributed by atoms with Crippen LogP contribution in [0.4, 0.5) is 0 Å². The fraction of sp³-hybridized carbons (Fsp3) is 0.789. The van der Waals surface area contributed by atoms with E-state index in [1.807, 2.05) is 6.08 Å². The summed E-state index contributed by atoms with van der Waals surface area (Å²) >= 11 is 0. The molecule has 0 bridgehead atoms. The van der Waals surface area contributed by atoms with Crippen molar-refractivity contribution in [2.45, 2.75) is 70.7 Å². The van der Waals surface area contributed by atoms with Gasteiger partial charge in [-0.3, -0.25) is 4.79 Å². The molecule has 0 radical (unpaired) electrons. The molecule has 1 fully saturated rings. The van der Waals surface area contributed by atoms with Crippen LogP contribution >= 0.6 is 0 Å². The van der Waals surface area contributed by atoms with Gasteiger partial charge >= 0.3 is 11.9 Å². The highest BCUT2D eigenvalue weighted by molar-refractivity contribution is 6.74. The predicted molar refractivity (Wildman–Crippen MR) is 98.6 cm³/mol. The summed E-state index contributed by atoms with van der Waals surface area (Å²) in [4.78, 5) is 24.4. The molecule has 0 spiro atoms. The van der Waals surface area contributed by atoms with Crippen LogP contribution in [-0.4, -0.2) is 40.1 Å². The Balaban J connectivity index is 2.42. The summed E-state index contributed by atoms with van der Waals surface area (Å²) in [5.74, 6) is -0.656.